The van der Waals surface area contributed by atoms with Crippen LogP contribution < -0.4 is 5.32 Å². The molecule has 0 saturated carbocycles. The van der Waals surface area contributed by atoms with Crippen molar-refractivity contribution < 1.29 is 0 Å². The van der Waals surface area contributed by atoms with Crippen molar-refractivity contribution in [2.75, 3.05) is 0 Å². The number of nitrogens with one attached hydrogen (secondary N) is 1. The topological polar surface area (TPSA) is 12.0 Å². The molecular weight excluding hydrogens is 357 g/mol. The Hall–Kier alpha value is -0.540. The molecule has 2 atom stereocenters. The summed E-state index contributed by atoms with van der Waals surface area (Å²) in [4.78, 5) is 0. The highest BCUT2D eigenvalue weighted by atomic mass is 79.9. The molecule has 1 nitrogen and oxygen atoms in total. The van der Waals surface area contributed by atoms with Crippen LogP contribution in [0, 0.1) is 0 Å². The first-order valence-corrected chi connectivity index (χ1v) is 7.98. The average molecular weight is 373 g/mol. The molecule has 0 amide bonds. The Morgan fingerprint density at radius 2 is 1.40 bits per heavy atom. The van der Waals surface area contributed by atoms with Gasteiger partial charge < -0.3 is 5.32 Å². The van der Waals surface area contributed by atoms with E-state index in [0.717, 1.165) is 10.0 Å². The second kappa shape index (κ2) is 6.95. The smallest absolute Gasteiger partial charge is 0.0595 e. The maximum atomic E-state index is 6.06. The molecule has 1 N–H and O–H groups in total. The van der Waals surface area contributed by atoms with Crippen LogP contribution in [0.4, 0.5) is 0 Å². The van der Waals surface area contributed by atoms with E-state index < -0.39 is 0 Å². The lowest BCUT2D eigenvalue weighted by Gasteiger charge is -2.21. The monoisotopic (exact) mass is 371 g/mol. The van der Waals surface area contributed by atoms with Gasteiger partial charge in [0.15, 0.2) is 0 Å². The standard InChI is InChI=1S/C16H16BrCl2N/c1-10(12-3-6-14(17)7-4-12)20-11(2)13-5-8-15(18)16(19)9-13/h3-11,20H,1-2H3/t10-,11?/m1/s1. The summed E-state index contributed by atoms with van der Waals surface area (Å²) >= 11 is 15.5. The van der Waals surface area contributed by atoms with Crippen LogP contribution in [0.1, 0.15) is 37.1 Å². The van der Waals surface area contributed by atoms with Gasteiger partial charge in [-0.15, -0.1) is 0 Å². The van der Waals surface area contributed by atoms with Crippen LogP contribution in [0.15, 0.2) is 46.9 Å². The summed E-state index contributed by atoms with van der Waals surface area (Å²) in [5.74, 6) is 0. The first-order chi connectivity index (χ1) is 9.47. The molecule has 0 aliphatic carbocycles. The van der Waals surface area contributed by atoms with Gasteiger partial charge in [-0.2, -0.15) is 0 Å². The summed E-state index contributed by atoms with van der Waals surface area (Å²) < 4.78 is 1.09. The molecule has 0 aromatic heterocycles. The molecule has 4 heteroatoms. The zero-order valence-corrected chi connectivity index (χ0v) is 14.4. The Labute approximate surface area is 138 Å². The van der Waals surface area contributed by atoms with Crippen molar-refractivity contribution in [3.05, 3.63) is 68.1 Å². The second-order valence-corrected chi connectivity index (χ2v) is 6.57. The highest BCUT2D eigenvalue weighted by Crippen LogP contribution is 2.27. The van der Waals surface area contributed by atoms with Gasteiger partial charge in [0.25, 0.3) is 0 Å². The number of benzene rings is 2. The van der Waals surface area contributed by atoms with Crippen LogP contribution in [-0.4, -0.2) is 0 Å². The van der Waals surface area contributed by atoms with E-state index in [1.807, 2.05) is 18.2 Å². The van der Waals surface area contributed by atoms with E-state index in [-0.39, 0.29) is 12.1 Å². The highest BCUT2D eigenvalue weighted by Gasteiger charge is 2.12. The van der Waals surface area contributed by atoms with Gasteiger partial charge in [0.1, 0.15) is 0 Å². The fourth-order valence-corrected chi connectivity index (χ4v) is 2.67. The van der Waals surface area contributed by atoms with Gasteiger partial charge in [-0.1, -0.05) is 57.3 Å². The van der Waals surface area contributed by atoms with Crippen LogP contribution >= 0.6 is 39.1 Å². The van der Waals surface area contributed by atoms with E-state index in [4.69, 9.17) is 23.2 Å². The van der Waals surface area contributed by atoms with Gasteiger partial charge in [0.2, 0.25) is 0 Å². The molecule has 0 spiro atoms. The maximum Gasteiger partial charge on any atom is 0.0595 e. The summed E-state index contributed by atoms with van der Waals surface area (Å²) in [6.45, 7) is 4.27. The lowest BCUT2D eigenvalue weighted by molar-refractivity contribution is 0.494. The second-order valence-electron chi connectivity index (χ2n) is 4.84. The first kappa shape index (κ1) is 15.8. The fourth-order valence-electron chi connectivity index (χ4n) is 2.10. The average Bonchev–Trinajstić information content (AvgIpc) is 2.42. The molecule has 0 heterocycles. The predicted octanol–water partition coefficient (Wildman–Crippen LogP) is 6.17. The number of hydrogen-bond acceptors (Lipinski definition) is 1. The Morgan fingerprint density at radius 1 is 0.850 bits per heavy atom. The summed E-state index contributed by atoms with van der Waals surface area (Å²) in [6.07, 6.45) is 0. The van der Waals surface area contributed by atoms with Crippen molar-refractivity contribution in [3.63, 3.8) is 0 Å². The molecule has 106 valence electrons. The quantitative estimate of drug-likeness (QED) is 0.676. The van der Waals surface area contributed by atoms with Gasteiger partial charge in [0.05, 0.1) is 10.0 Å². The van der Waals surface area contributed by atoms with E-state index in [9.17, 15) is 0 Å². The minimum absolute atomic E-state index is 0.198. The molecule has 0 saturated heterocycles. The first-order valence-electron chi connectivity index (χ1n) is 6.44. The van der Waals surface area contributed by atoms with Crippen molar-refractivity contribution in [1.29, 1.82) is 0 Å². The van der Waals surface area contributed by atoms with E-state index in [1.54, 1.807) is 0 Å². The van der Waals surface area contributed by atoms with Gasteiger partial charge in [0, 0.05) is 16.6 Å². The Morgan fingerprint density at radius 3 is 2.00 bits per heavy atom. The third-order valence-corrected chi connectivity index (χ3v) is 4.58. The number of hydrogen-bond donors (Lipinski definition) is 1. The SMILES string of the molecule is CC(N[C@H](C)c1ccc(Br)cc1)c1ccc(Cl)c(Cl)c1. The molecule has 2 aromatic carbocycles. The minimum atomic E-state index is 0.198. The van der Waals surface area contributed by atoms with Crippen molar-refractivity contribution in [2.45, 2.75) is 25.9 Å². The molecule has 0 radical (unpaired) electrons. The van der Waals surface area contributed by atoms with Crippen LogP contribution in [0.25, 0.3) is 0 Å². The Balaban J connectivity index is 2.08. The minimum Gasteiger partial charge on any atom is -0.304 e. The van der Waals surface area contributed by atoms with Crippen molar-refractivity contribution >= 4 is 39.1 Å². The molecule has 1 unspecified atom stereocenters. The molecule has 2 rings (SSSR count). The van der Waals surface area contributed by atoms with Crippen molar-refractivity contribution in [1.82, 2.24) is 5.32 Å². The van der Waals surface area contributed by atoms with Gasteiger partial charge >= 0.3 is 0 Å². The third-order valence-electron chi connectivity index (χ3n) is 3.31. The summed E-state index contributed by atoms with van der Waals surface area (Å²) in [7, 11) is 0. The third kappa shape index (κ3) is 3.98. The highest BCUT2D eigenvalue weighted by molar-refractivity contribution is 9.10. The van der Waals surface area contributed by atoms with Crippen LogP contribution in [0.3, 0.4) is 0 Å². The molecule has 0 bridgehead atoms. The summed E-state index contributed by atoms with van der Waals surface area (Å²) in [5.41, 5.74) is 2.38. The van der Waals surface area contributed by atoms with Gasteiger partial charge in [-0.25, -0.2) is 0 Å². The lowest BCUT2D eigenvalue weighted by Crippen LogP contribution is -2.22. The molecule has 20 heavy (non-hydrogen) atoms. The maximum absolute atomic E-state index is 6.06. The number of halogens is 3. The molecule has 0 aliphatic heterocycles. The van der Waals surface area contributed by atoms with E-state index >= 15 is 0 Å². The van der Waals surface area contributed by atoms with Gasteiger partial charge in [-0.05, 0) is 49.2 Å². The molecular formula is C16H16BrCl2N. The Kier molecular flexibility index (Phi) is 5.50. The summed E-state index contributed by atoms with van der Waals surface area (Å²) in [5, 5.41) is 4.74. The molecule has 0 aliphatic rings. The van der Waals surface area contributed by atoms with E-state index in [2.05, 4.69) is 59.4 Å². The predicted molar refractivity (Wildman–Crippen MR) is 90.6 cm³/mol. The van der Waals surface area contributed by atoms with Crippen LogP contribution in [-0.2, 0) is 0 Å². The Bertz CT molecular complexity index is 584. The van der Waals surface area contributed by atoms with Crippen LogP contribution in [0.2, 0.25) is 10.0 Å². The largest absolute Gasteiger partial charge is 0.304 e. The van der Waals surface area contributed by atoms with Crippen molar-refractivity contribution in [2.24, 2.45) is 0 Å². The number of rotatable bonds is 4. The zero-order valence-electron chi connectivity index (χ0n) is 11.3. The van der Waals surface area contributed by atoms with E-state index in [1.165, 1.54) is 5.56 Å². The molecule has 0 fully saturated rings. The van der Waals surface area contributed by atoms with E-state index in [0.29, 0.717) is 10.0 Å². The zero-order chi connectivity index (χ0) is 14.7. The van der Waals surface area contributed by atoms with Crippen LogP contribution in [0.5, 0.6) is 0 Å². The molecule has 2 aromatic rings. The summed E-state index contributed by atoms with van der Waals surface area (Å²) in [6, 6.07) is 14.5. The van der Waals surface area contributed by atoms with Gasteiger partial charge in [-0.3, -0.25) is 0 Å². The lowest BCUT2D eigenvalue weighted by atomic mass is 10.0. The fraction of sp³-hybridized carbons (Fsp3) is 0.250. The van der Waals surface area contributed by atoms with Crippen molar-refractivity contribution in [3.8, 4) is 0 Å². The normalized spacial score (nSPS) is 14.1.